The average molecular weight is 352 g/mol. The second-order valence-electron chi connectivity index (χ2n) is 7.41. The number of anilines is 1. The van der Waals surface area contributed by atoms with Gasteiger partial charge in [-0.1, -0.05) is 24.3 Å². The van der Waals surface area contributed by atoms with Gasteiger partial charge in [0.1, 0.15) is 12.1 Å². The molecule has 2 fully saturated rings. The van der Waals surface area contributed by atoms with Crippen molar-refractivity contribution in [2.24, 2.45) is 5.41 Å². The van der Waals surface area contributed by atoms with E-state index < -0.39 is 0 Å². The van der Waals surface area contributed by atoms with E-state index in [1.165, 1.54) is 17.5 Å². The highest BCUT2D eigenvalue weighted by Gasteiger charge is 2.46. The van der Waals surface area contributed by atoms with Crippen LogP contribution in [-0.2, 0) is 16.1 Å². The molecule has 3 heterocycles. The first-order chi connectivity index (χ1) is 12.7. The maximum absolute atomic E-state index is 12.7. The quantitative estimate of drug-likeness (QED) is 0.846. The minimum absolute atomic E-state index is 0.116. The number of rotatable bonds is 3. The van der Waals surface area contributed by atoms with E-state index in [1.54, 1.807) is 17.2 Å². The number of aryl methyl sites for hydroxylation is 1. The Balaban J connectivity index is 1.52. The summed E-state index contributed by atoms with van der Waals surface area (Å²) in [6, 6.07) is 10.3. The molecule has 4 rings (SSSR count). The van der Waals surface area contributed by atoms with E-state index in [2.05, 4.69) is 46.1 Å². The van der Waals surface area contributed by atoms with Crippen LogP contribution in [0.25, 0.3) is 0 Å². The number of ether oxygens (including phenoxy) is 1. The molecule has 1 amide bonds. The van der Waals surface area contributed by atoms with E-state index in [0.29, 0.717) is 32.0 Å². The molecule has 26 heavy (non-hydrogen) atoms. The van der Waals surface area contributed by atoms with Gasteiger partial charge in [0.05, 0.1) is 13.2 Å². The standard InChI is InChI=1S/C20H24N4O2/c1-16-4-2-3-5-17(16)11-23-8-9-26-14-20(12-23)10-19(25)24(13-20)18-6-7-21-15-22-18/h2-7,15H,8-14H2,1H3/t20-/m1/s1. The van der Waals surface area contributed by atoms with Crippen LogP contribution >= 0.6 is 0 Å². The van der Waals surface area contributed by atoms with E-state index in [0.717, 1.165) is 19.6 Å². The lowest BCUT2D eigenvalue weighted by Crippen LogP contribution is -2.40. The van der Waals surface area contributed by atoms with Crippen LogP contribution in [0.5, 0.6) is 0 Å². The van der Waals surface area contributed by atoms with Gasteiger partial charge in [0.15, 0.2) is 0 Å². The van der Waals surface area contributed by atoms with Crippen molar-refractivity contribution in [3.63, 3.8) is 0 Å². The van der Waals surface area contributed by atoms with Crippen LogP contribution in [0.3, 0.4) is 0 Å². The molecule has 0 bridgehead atoms. The highest BCUT2D eigenvalue weighted by molar-refractivity contribution is 5.95. The SMILES string of the molecule is Cc1ccccc1CN1CCOC[C@]2(CC(=O)N(c3ccncn3)C2)C1. The Morgan fingerprint density at radius 3 is 2.92 bits per heavy atom. The Hall–Kier alpha value is -2.31. The molecule has 2 saturated heterocycles. The zero-order valence-corrected chi connectivity index (χ0v) is 15.1. The summed E-state index contributed by atoms with van der Waals surface area (Å²) in [5.41, 5.74) is 2.46. The van der Waals surface area contributed by atoms with Gasteiger partial charge in [-0.3, -0.25) is 14.6 Å². The van der Waals surface area contributed by atoms with Crippen LogP contribution in [0, 0.1) is 12.3 Å². The zero-order valence-electron chi connectivity index (χ0n) is 15.1. The first kappa shape index (κ1) is 17.1. The maximum atomic E-state index is 12.7. The number of hydrogen-bond donors (Lipinski definition) is 0. The first-order valence-electron chi connectivity index (χ1n) is 9.06. The predicted octanol–water partition coefficient (Wildman–Crippen LogP) is 2.04. The fourth-order valence-corrected chi connectivity index (χ4v) is 4.00. The third-order valence-corrected chi connectivity index (χ3v) is 5.34. The van der Waals surface area contributed by atoms with Crippen molar-refractivity contribution in [1.29, 1.82) is 0 Å². The van der Waals surface area contributed by atoms with Gasteiger partial charge in [-0.05, 0) is 24.1 Å². The Morgan fingerprint density at radius 2 is 2.12 bits per heavy atom. The molecule has 0 radical (unpaired) electrons. The molecule has 136 valence electrons. The van der Waals surface area contributed by atoms with Crippen molar-refractivity contribution in [1.82, 2.24) is 14.9 Å². The van der Waals surface area contributed by atoms with Gasteiger partial charge < -0.3 is 4.74 Å². The fraction of sp³-hybridized carbons (Fsp3) is 0.450. The molecule has 6 heteroatoms. The van der Waals surface area contributed by atoms with Crippen molar-refractivity contribution in [3.8, 4) is 0 Å². The van der Waals surface area contributed by atoms with Crippen LogP contribution in [0.15, 0.2) is 42.9 Å². The monoisotopic (exact) mass is 352 g/mol. The molecule has 2 aromatic rings. The number of carbonyl (C=O) groups excluding carboxylic acids is 1. The van der Waals surface area contributed by atoms with Crippen LogP contribution in [0.1, 0.15) is 17.5 Å². The van der Waals surface area contributed by atoms with Gasteiger partial charge in [-0.25, -0.2) is 9.97 Å². The number of nitrogens with zero attached hydrogens (tertiary/aromatic N) is 4. The number of amides is 1. The van der Waals surface area contributed by atoms with Gasteiger partial charge in [-0.15, -0.1) is 0 Å². The first-order valence-corrected chi connectivity index (χ1v) is 9.06. The summed E-state index contributed by atoms with van der Waals surface area (Å²) in [4.78, 5) is 25.1. The zero-order chi connectivity index (χ0) is 18.0. The molecular formula is C20H24N4O2. The molecule has 0 aliphatic carbocycles. The van der Waals surface area contributed by atoms with Crippen molar-refractivity contribution in [2.75, 3.05) is 37.7 Å². The Morgan fingerprint density at radius 1 is 1.23 bits per heavy atom. The Bertz CT molecular complexity index is 782. The van der Waals surface area contributed by atoms with Crippen molar-refractivity contribution < 1.29 is 9.53 Å². The highest BCUT2D eigenvalue weighted by atomic mass is 16.5. The molecular weight excluding hydrogens is 328 g/mol. The summed E-state index contributed by atoms with van der Waals surface area (Å²) in [5.74, 6) is 0.793. The molecule has 1 atom stereocenters. The van der Waals surface area contributed by atoms with Crippen molar-refractivity contribution in [2.45, 2.75) is 19.9 Å². The summed E-state index contributed by atoms with van der Waals surface area (Å²) in [7, 11) is 0. The van der Waals surface area contributed by atoms with Crippen LogP contribution in [0.2, 0.25) is 0 Å². The third kappa shape index (κ3) is 3.48. The normalized spacial score (nSPS) is 24.2. The molecule has 1 aromatic carbocycles. The predicted molar refractivity (Wildman–Crippen MR) is 98.7 cm³/mol. The Labute approximate surface area is 153 Å². The third-order valence-electron chi connectivity index (χ3n) is 5.34. The lowest BCUT2D eigenvalue weighted by Gasteiger charge is -2.31. The van der Waals surface area contributed by atoms with Crippen molar-refractivity contribution in [3.05, 3.63) is 54.0 Å². The molecule has 1 aromatic heterocycles. The molecule has 0 saturated carbocycles. The molecule has 0 N–H and O–H groups in total. The highest BCUT2D eigenvalue weighted by Crippen LogP contribution is 2.36. The van der Waals surface area contributed by atoms with E-state index >= 15 is 0 Å². The second-order valence-corrected chi connectivity index (χ2v) is 7.41. The van der Waals surface area contributed by atoms with Crippen LogP contribution in [-0.4, -0.2) is 53.6 Å². The van der Waals surface area contributed by atoms with E-state index in [4.69, 9.17) is 4.74 Å². The molecule has 0 unspecified atom stereocenters. The Kier molecular flexibility index (Phi) is 4.70. The summed E-state index contributed by atoms with van der Waals surface area (Å²) >= 11 is 0. The minimum Gasteiger partial charge on any atom is -0.379 e. The number of benzene rings is 1. The van der Waals surface area contributed by atoms with E-state index in [-0.39, 0.29) is 11.3 Å². The van der Waals surface area contributed by atoms with Crippen molar-refractivity contribution >= 4 is 11.7 Å². The van der Waals surface area contributed by atoms with E-state index in [1.807, 2.05) is 0 Å². The second kappa shape index (κ2) is 7.13. The minimum atomic E-state index is -0.179. The molecule has 2 aliphatic rings. The smallest absolute Gasteiger partial charge is 0.228 e. The lowest BCUT2D eigenvalue weighted by atomic mass is 9.87. The summed E-state index contributed by atoms with van der Waals surface area (Å²) < 4.78 is 5.91. The maximum Gasteiger partial charge on any atom is 0.228 e. The average Bonchev–Trinajstić information content (AvgIpc) is 2.84. The summed E-state index contributed by atoms with van der Waals surface area (Å²) in [6.07, 6.45) is 3.66. The number of carbonyl (C=O) groups is 1. The van der Waals surface area contributed by atoms with E-state index in [9.17, 15) is 4.79 Å². The van der Waals surface area contributed by atoms with Crippen LogP contribution < -0.4 is 4.90 Å². The summed E-state index contributed by atoms with van der Waals surface area (Å²) in [5, 5.41) is 0. The lowest BCUT2D eigenvalue weighted by molar-refractivity contribution is -0.118. The van der Waals surface area contributed by atoms with Gasteiger partial charge >= 0.3 is 0 Å². The molecule has 2 aliphatic heterocycles. The topological polar surface area (TPSA) is 58.6 Å². The summed E-state index contributed by atoms with van der Waals surface area (Å²) in [6.45, 7) is 6.74. The van der Waals surface area contributed by atoms with Gasteiger partial charge in [0.25, 0.3) is 0 Å². The van der Waals surface area contributed by atoms with Crippen LogP contribution in [0.4, 0.5) is 5.82 Å². The molecule has 1 spiro atoms. The number of hydrogen-bond acceptors (Lipinski definition) is 5. The van der Waals surface area contributed by atoms with Gasteiger partial charge in [0, 0.05) is 44.2 Å². The van der Waals surface area contributed by atoms with Gasteiger partial charge in [-0.2, -0.15) is 0 Å². The largest absolute Gasteiger partial charge is 0.379 e. The molecule has 6 nitrogen and oxygen atoms in total. The number of aromatic nitrogens is 2. The fourth-order valence-electron chi connectivity index (χ4n) is 4.00. The van der Waals surface area contributed by atoms with Gasteiger partial charge in [0.2, 0.25) is 5.91 Å².